The second-order valence-corrected chi connectivity index (χ2v) is 9.06. The van der Waals surface area contributed by atoms with Gasteiger partial charge in [-0.05, 0) is 45.7 Å². The summed E-state index contributed by atoms with van der Waals surface area (Å²) in [6, 6.07) is 4.03. The summed E-state index contributed by atoms with van der Waals surface area (Å²) in [6.45, 7) is 8.06. The molecule has 0 saturated carbocycles. The summed E-state index contributed by atoms with van der Waals surface area (Å²) >= 11 is 0. The summed E-state index contributed by atoms with van der Waals surface area (Å²) in [5.41, 5.74) is 1.77. The van der Waals surface area contributed by atoms with Crippen molar-refractivity contribution in [2.75, 3.05) is 19.6 Å². The fraction of sp³-hybridized carbons (Fsp3) is 0.619. The highest BCUT2D eigenvalue weighted by molar-refractivity contribution is 5.89. The third-order valence-corrected chi connectivity index (χ3v) is 6.10. The van der Waals surface area contributed by atoms with E-state index < -0.39 is 0 Å². The van der Waals surface area contributed by atoms with Gasteiger partial charge in [-0.2, -0.15) is 5.10 Å². The topological polar surface area (TPSA) is 71.3 Å². The number of amides is 2. The molecule has 2 saturated heterocycles. The Morgan fingerprint density at radius 3 is 2.52 bits per heavy atom. The van der Waals surface area contributed by atoms with Gasteiger partial charge in [-0.3, -0.25) is 14.3 Å². The number of likely N-dealkylation sites (tertiary alicyclic amines) is 2. The second kappa shape index (κ2) is 7.94. The van der Waals surface area contributed by atoms with Gasteiger partial charge >= 0.3 is 0 Å². The van der Waals surface area contributed by atoms with E-state index in [1.807, 2.05) is 48.4 Å². The summed E-state index contributed by atoms with van der Waals surface area (Å²) in [7, 11) is 1.93. The first-order valence-electron chi connectivity index (χ1n) is 10.1. The summed E-state index contributed by atoms with van der Waals surface area (Å²) in [6.07, 6.45) is 3.93. The van der Waals surface area contributed by atoms with Gasteiger partial charge < -0.3 is 9.80 Å². The van der Waals surface area contributed by atoms with E-state index in [4.69, 9.17) is 5.10 Å². The Morgan fingerprint density at radius 2 is 1.90 bits per heavy atom. The van der Waals surface area contributed by atoms with Crippen LogP contribution in [0.1, 0.15) is 51.6 Å². The lowest BCUT2D eigenvalue weighted by Crippen LogP contribution is -2.45. The Kier molecular flexibility index (Phi) is 5.90. The number of halogens is 1. The van der Waals surface area contributed by atoms with Crippen molar-refractivity contribution in [2.24, 2.45) is 13.0 Å². The number of piperidine rings is 1. The molecule has 2 fully saturated rings. The van der Waals surface area contributed by atoms with Crippen molar-refractivity contribution in [1.82, 2.24) is 24.6 Å². The van der Waals surface area contributed by atoms with Crippen LogP contribution >= 0.6 is 12.4 Å². The van der Waals surface area contributed by atoms with Crippen LogP contribution in [0.3, 0.4) is 0 Å². The molecule has 29 heavy (non-hydrogen) atoms. The van der Waals surface area contributed by atoms with Crippen LogP contribution in [-0.2, 0) is 16.6 Å². The van der Waals surface area contributed by atoms with Crippen molar-refractivity contribution in [2.45, 2.75) is 51.5 Å². The van der Waals surface area contributed by atoms with E-state index in [-0.39, 0.29) is 35.7 Å². The van der Waals surface area contributed by atoms with E-state index in [1.54, 1.807) is 6.20 Å². The molecule has 7 nitrogen and oxygen atoms in total. The number of aryl methyl sites for hydroxylation is 1. The zero-order valence-corrected chi connectivity index (χ0v) is 18.4. The number of carbonyl (C=O) groups is 2. The number of carbonyl (C=O) groups excluding carboxylic acids is 2. The molecule has 1 atom stereocenters. The summed E-state index contributed by atoms with van der Waals surface area (Å²) in [4.78, 5) is 33.5. The highest BCUT2D eigenvalue weighted by atomic mass is 35.5. The van der Waals surface area contributed by atoms with Crippen LogP contribution in [0, 0.1) is 5.92 Å². The minimum atomic E-state index is -0.229. The van der Waals surface area contributed by atoms with Crippen LogP contribution in [0.5, 0.6) is 0 Å². The van der Waals surface area contributed by atoms with Crippen molar-refractivity contribution in [3.8, 4) is 0 Å². The lowest BCUT2D eigenvalue weighted by Gasteiger charge is -2.34. The average Bonchev–Trinajstić information content (AvgIpc) is 3.22. The second-order valence-electron chi connectivity index (χ2n) is 9.06. The fourth-order valence-electron chi connectivity index (χ4n) is 4.57. The van der Waals surface area contributed by atoms with Gasteiger partial charge in [0.05, 0.1) is 11.6 Å². The van der Waals surface area contributed by atoms with Crippen molar-refractivity contribution in [3.05, 3.63) is 24.0 Å². The SMILES string of the molecule is Cl.Cn1nc(C2CCN(C(=O)C3CC(=O)N(C(C)(C)C)C3)CC2)c2cccnc21. The van der Waals surface area contributed by atoms with Gasteiger partial charge in [0.2, 0.25) is 11.8 Å². The minimum Gasteiger partial charge on any atom is -0.342 e. The van der Waals surface area contributed by atoms with Gasteiger partial charge in [-0.1, -0.05) is 0 Å². The zero-order valence-electron chi connectivity index (χ0n) is 17.6. The van der Waals surface area contributed by atoms with Gasteiger partial charge in [-0.15, -0.1) is 12.4 Å². The van der Waals surface area contributed by atoms with E-state index >= 15 is 0 Å². The van der Waals surface area contributed by atoms with Gasteiger partial charge in [-0.25, -0.2) is 4.98 Å². The standard InChI is InChI=1S/C21H29N5O2.ClH/c1-21(2,3)26-13-15(12-17(26)27)20(28)25-10-7-14(8-11-25)18-16-6-5-9-22-19(16)24(4)23-18;/h5-6,9,14-15H,7-8,10-13H2,1-4H3;1H. The molecule has 0 N–H and O–H groups in total. The lowest BCUT2D eigenvalue weighted by molar-refractivity contribution is -0.136. The molecule has 0 aliphatic carbocycles. The molecule has 1 unspecified atom stereocenters. The Balaban J connectivity index is 0.00000240. The number of pyridine rings is 1. The van der Waals surface area contributed by atoms with E-state index in [9.17, 15) is 9.59 Å². The number of rotatable bonds is 2. The van der Waals surface area contributed by atoms with Crippen LogP contribution in [0.15, 0.2) is 18.3 Å². The molecule has 4 rings (SSSR count). The van der Waals surface area contributed by atoms with Gasteiger partial charge in [0.1, 0.15) is 0 Å². The molecule has 0 radical (unpaired) electrons. The smallest absolute Gasteiger partial charge is 0.227 e. The Morgan fingerprint density at radius 1 is 1.21 bits per heavy atom. The lowest BCUT2D eigenvalue weighted by atomic mass is 9.91. The van der Waals surface area contributed by atoms with Crippen LogP contribution in [0.25, 0.3) is 11.0 Å². The number of hydrogen-bond acceptors (Lipinski definition) is 4. The Bertz CT molecular complexity index is 911. The molecule has 0 spiro atoms. The van der Waals surface area contributed by atoms with Crippen LogP contribution < -0.4 is 0 Å². The maximum absolute atomic E-state index is 13.0. The monoisotopic (exact) mass is 419 g/mol. The first kappa shape index (κ1) is 21.6. The minimum absolute atomic E-state index is 0. The fourth-order valence-corrected chi connectivity index (χ4v) is 4.57. The maximum Gasteiger partial charge on any atom is 0.227 e. The normalized spacial score (nSPS) is 21.0. The number of aromatic nitrogens is 3. The van der Waals surface area contributed by atoms with Crippen LogP contribution in [0.4, 0.5) is 0 Å². The van der Waals surface area contributed by atoms with E-state index in [0.29, 0.717) is 18.9 Å². The van der Waals surface area contributed by atoms with Gasteiger partial charge in [0.25, 0.3) is 0 Å². The molecular formula is C21H30ClN5O2. The maximum atomic E-state index is 13.0. The molecule has 2 aliphatic heterocycles. The molecule has 2 amide bonds. The molecule has 2 aromatic rings. The molecule has 0 bridgehead atoms. The molecule has 0 aromatic carbocycles. The van der Waals surface area contributed by atoms with Crippen molar-refractivity contribution in [1.29, 1.82) is 0 Å². The number of fused-ring (bicyclic) bond motifs is 1. The van der Waals surface area contributed by atoms with Crippen molar-refractivity contribution >= 4 is 35.3 Å². The highest BCUT2D eigenvalue weighted by Gasteiger charge is 2.41. The van der Waals surface area contributed by atoms with Gasteiger partial charge in [0, 0.05) is 56.1 Å². The third-order valence-electron chi connectivity index (χ3n) is 6.10. The quantitative estimate of drug-likeness (QED) is 0.750. The molecule has 2 aliphatic rings. The average molecular weight is 420 g/mol. The van der Waals surface area contributed by atoms with Crippen LogP contribution in [0.2, 0.25) is 0 Å². The molecule has 4 heterocycles. The first-order valence-corrected chi connectivity index (χ1v) is 10.1. The summed E-state index contributed by atoms with van der Waals surface area (Å²) in [5, 5.41) is 5.82. The molecule has 158 valence electrons. The molecule has 2 aromatic heterocycles. The Labute approximate surface area is 177 Å². The highest BCUT2D eigenvalue weighted by Crippen LogP contribution is 2.33. The predicted octanol–water partition coefficient (Wildman–Crippen LogP) is 2.74. The van der Waals surface area contributed by atoms with E-state index in [0.717, 1.165) is 42.7 Å². The first-order chi connectivity index (χ1) is 13.3. The zero-order chi connectivity index (χ0) is 20.1. The van der Waals surface area contributed by atoms with Crippen molar-refractivity contribution in [3.63, 3.8) is 0 Å². The van der Waals surface area contributed by atoms with Crippen molar-refractivity contribution < 1.29 is 9.59 Å². The van der Waals surface area contributed by atoms with E-state index in [2.05, 4.69) is 11.1 Å². The van der Waals surface area contributed by atoms with E-state index in [1.165, 1.54) is 0 Å². The van der Waals surface area contributed by atoms with Gasteiger partial charge in [0.15, 0.2) is 5.65 Å². The predicted molar refractivity (Wildman–Crippen MR) is 114 cm³/mol. The number of hydrogen-bond donors (Lipinski definition) is 0. The van der Waals surface area contributed by atoms with Crippen LogP contribution in [-0.4, -0.2) is 61.6 Å². The largest absolute Gasteiger partial charge is 0.342 e. The molecule has 8 heteroatoms. The Hall–Kier alpha value is -2.15. The summed E-state index contributed by atoms with van der Waals surface area (Å²) < 4.78 is 1.84. The molecular weight excluding hydrogens is 390 g/mol. The summed E-state index contributed by atoms with van der Waals surface area (Å²) in [5.74, 6) is 0.357. The third kappa shape index (κ3) is 3.97. The number of nitrogens with zero attached hydrogens (tertiary/aromatic N) is 5.